The van der Waals surface area contributed by atoms with Crippen LogP contribution in [0.2, 0.25) is 0 Å². The largest absolute Gasteiger partial charge is 0.315 e. The van der Waals surface area contributed by atoms with E-state index in [2.05, 4.69) is 26.0 Å². The molecule has 94 valence electrons. The highest BCUT2D eigenvalue weighted by atomic mass is 79.9. The van der Waals surface area contributed by atoms with Crippen LogP contribution in [0.4, 0.5) is 0 Å². The molecule has 0 aromatic heterocycles. The molecule has 6 heteroatoms. The number of sulfonamides is 1. The van der Waals surface area contributed by atoms with Crippen molar-refractivity contribution in [1.29, 1.82) is 0 Å². The van der Waals surface area contributed by atoms with Gasteiger partial charge in [-0.25, -0.2) is 13.1 Å². The molecule has 17 heavy (non-hydrogen) atoms. The molecule has 1 heterocycles. The highest BCUT2D eigenvalue weighted by Gasteiger charge is 2.24. The van der Waals surface area contributed by atoms with Crippen LogP contribution in [0.5, 0.6) is 0 Å². The van der Waals surface area contributed by atoms with Gasteiger partial charge in [-0.1, -0.05) is 6.07 Å². The molecule has 1 unspecified atom stereocenters. The molecule has 1 aromatic carbocycles. The molecule has 1 aliphatic rings. The molecule has 1 saturated heterocycles. The molecule has 2 N–H and O–H groups in total. The van der Waals surface area contributed by atoms with Crippen LogP contribution in [0.1, 0.15) is 12.0 Å². The van der Waals surface area contributed by atoms with E-state index in [1.54, 1.807) is 12.1 Å². The molecule has 1 atom stereocenters. The quantitative estimate of drug-likeness (QED) is 0.885. The maximum Gasteiger partial charge on any atom is 0.241 e. The first-order chi connectivity index (χ1) is 7.99. The summed E-state index contributed by atoms with van der Waals surface area (Å²) in [7, 11) is -3.43. The van der Waals surface area contributed by atoms with Gasteiger partial charge >= 0.3 is 0 Å². The summed E-state index contributed by atoms with van der Waals surface area (Å²) >= 11 is 3.28. The molecular formula is C11H15BrN2O2S. The SMILES string of the molecule is Cc1ccc(Br)c(S(=O)(=O)NC2CCNC2)c1. The van der Waals surface area contributed by atoms with Crippen LogP contribution in [0, 0.1) is 6.92 Å². The number of rotatable bonds is 3. The van der Waals surface area contributed by atoms with E-state index in [9.17, 15) is 8.42 Å². The Kier molecular flexibility index (Phi) is 3.87. The van der Waals surface area contributed by atoms with E-state index in [1.807, 2.05) is 13.0 Å². The second-order valence-corrected chi connectivity index (χ2v) is 6.78. The van der Waals surface area contributed by atoms with Crippen molar-refractivity contribution in [3.63, 3.8) is 0 Å². The molecule has 0 aliphatic carbocycles. The van der Waals surface area contributed by atoms with Crippen molar-refractivity contribution in [2.45, 2.75) is 24.3 Å². The number of hydrogen-bond donors (Lipinski definition) is 2. The topological polar surface area (TPSA) is 58.2 Å². The summed E-state index contributed by atoms with van der Waals surface area (Å²) in [6.07, 6.45) is 0.836. The molecule has 0 radical (unpaired) electrons. The number of halogens is 1. The van der Waals surface area contributed by atoms with Crippen molar-refractivity contribution in [3.05, 3.63) is 28.2 Å². The second kappa shape index (κ2) is 5.06. The Morgan fingerprint density at radius 2 is 2.24 bits per heavy atom. The lowest BCUT2D eigenvalue weighted by Crippen LogP contribution is -2.36. The van der Waals surface area contributed by atoms with Gasteiger partial charge in [0.2, 0.25) is 10.0 Å². The summed E-state index contributed by atoms with van der Waals surface area (Å²) in [6, 6.07) is 5.30. The van der Waals surface area contributed by atoms with Gasteiger partial charge in [0.15, 0.2) is 0 Å². The van der Waals surface area contributed by atoms with Crippen LogP contribution in [0.25, 0.3) is 0 Å². The van der Waals surface area contributed by atoms with Gasteiger partial charge in [0.25, 0.3) is 0 Å². The molecule has 4 nitrogen and oxygen atoms in total. The van der Waals surface area contributed by atoms with Gasteiger partial charge in [-0.15, -0.1) is 0 Å². The van der Waals surface area contributed by atoms with E-state index >= 15 is 0 Å². The van der Waals surface area contributed by atoms with Crippen molar-refractivity contribution in [2.24, 2.45) is 0 Å². The van der Waals surface area contributed by atoms with Crippen LogP contribution < -0.4 is 10.0 Å². The van der Waals surface area contributed by atoms with E-state index in [-0.39, 0.29) is 6.04 Å². The Morgan fingerprint density at radius 1 is 1.47 bits per heavy atom. The monoisotopic (exact) mass is 318 g/mol. The zero-order chi connectivity index (χ0) is 12.5. The van der Waals surface area contributed by atoms with Gasteiger partial charge < -0.3 is 5.32 Å². The fraction of sp³-hybridized carbons (Fsp3) is 0.455. The third-order valence-corrected chi connectivity index (χ3v) is 5.27. The lowest BCUT2D eigenvalue weighted by molar-refractivity contribution is 0.559. The van der Waals surface area contributed by atoms with Gasteiger partial charge in [-0.05, 0) is 53.5 Å². The third-order valence-electron chi connectivity index (χ3n) is 2.76. The molecule has 1 aliphatic heterocycles. The molecule has 1 fully saturated rings. The molecule has 0 spiro atoms. The maximum atomic E-state index is 12.2. The summed E-state index contributed by atoms with van der Waals surface area (Å²) < 4.78 is 27.7. The van der Waals surface area contributed by atoms with E-state index in [0.29, 0.717) is 15.9 Å². The normalized spacial score (nSPS) is 20.7. The molecule has 0 saturated carbocycles. The summed E-state index contributed by atoms with van der Waals surface area (Å²) in [5.41, 5.74) is 0.929. The average Bonchev–Trinajstić information content (AvgIpc) is 2.73. The zero-order valence-corrected chi connectivity index (χ0v) is 11.9. The van der Waals surface area contributed by atoms with Gasteiger partial charge in [-0.3, -0.25) is 0 Å². The summed E-state index contributed by atoms with van der Waals surface area (Å²) in [4.78, 5) is 0.310. The van der Waals surface area contributed by atoms with Crippen molar-refractivity contribution in [1.82, 2.24) is 10.0 Å². The van der Waals surface area contributed by atoms with E-state index in [1.165, 1.54) is 0 Å². The Balaban J connectivity index is 2.27. The van der Waals surface area contributed by atoms with Gasteiger partial charge in [0, 0.05) is 17.1 Å². The lowest BCUT2D eigenvalue weighted by atomic mass is 10.2. The van der Waals surface area contributed by atoms with E-state index in [0.717, 1.165) is 18.5 Å². The fourth-order valence-electron chi connectivity index (χ4n) is 1.85. The lowest BCUT2D eigenvalue weighted by Gasteiger charge is -2.13. The smallest absolute Gasteiger partial charge is 0.241 e. The van der Waals surface area contributed by atoms with Gasteiger partial charge in [0.05, 0.1) is 4.90 Å². The third kappa shape index (κ3) is 3.07. The van der Waals surface area contributed by atoms with Gasteiger partial charge in [-0.2, -0.15) is 0 Å². The van der Waals surface area contributed by atoms with E-state index in [4.69, 9.17) is 0 Å². The second-order valence-electron chi connectivity index (χ2n) is 4.24. The molecule has 0 bridgehead atoms. The summed E-state index contributed by atoms with van der Waals surface area (Å²) in [6.45, 7) is 3.44. The summed E-state index contributed by atoms with van der Waals surface area (Å²) in [5.74, 6) is 0. The number of nitrogens with one attached hydrogen (secondary N) is 2. The van der Waals surface area contributed by atoms with Crippen molar-refractivity contribution in [2.75, 3.05) is 13.1 Å². The zero-order valence-electron chi connectivity index (χ0n) is 9.53. The minimum atomic E-state index is -3.43. The number of benzene rings is 1. The minimum absolute atomic E-state index is 0.00703. The maximum absolute atomic E-state index is 12.2. The molecule has 1 aromatic rings. The Morgan fingerprint density at radius 3 is 2.88 bits per heavy atom. The van der Waals surface area contributed by atoms with Crippen LogP contribution in [-0.2, 0) is 10.0 Å². The first kappa shape index (κ1) is 13.0. The fourth-order valence-corrected chi connectivity index (χ4v) is 4.17. The van der Waals surface area contributed by atoms with Crippen LogP contribution in [-0.4, -0.2) is 27.5 Å². The predicted octanol–water partition coefficient (Wildman–Crippen LogP) is 1.40. The Hall–Kier alpha value is -0.430. The van der Waals surface area contributed by atoms with Crippen molar-refractivity contribution < 1.29 is 8.42 Å². The van der Waals surface area contributed by atoms with Crippen LogP contribution >= 0.6 is 15.9 Å². The molecule has 0 amide bonds. The van der Waals surface area contributed by atoms with Crippen molar-refractivity contribution >= 4 is 26.0 Å². The number of aryl methyl sites for hydroxylation is 1. The first-order valence-corrected chi connectivity index (χ1v) is 7.76. The minimum Gasteiger partial charge on any atom is -0.315 e. The standard InChI is InChI=1S/C11H15BrN2O2S/c1-8-2-3-10(12)11(6-8)17(15,16)14-9-4-5-13-7-9/h2-3,6,9,13-14H,4-5,7H2,1H3. The Labute approximate surface area is 110 Å². The first-order valence-electron chi connectivity index (χ1n) is 5.48. The molecular weight excluding hydrogens is 304 g/mol. The summed E-state index contributed by atoms with van der Waals surface area (Å²) in [5, 5.41) is 3.13. The number of hydrogen-bond acceptors (Lipinski definition) is 3. The predicted molar refractivity (Wildman–Crippen MR) is 70.5 cm³/mol. The highest BCUT2D eigenvalue weighted by molar-refractivity contribution is 9.10. The van der Waals surface area contributed by atoms with Crippen molar-refractivity contribution in [3.8, 4) is 0 Å². The average molecular weight is 319 g/mol. The highest BCUT2D eigenvalue weighted by Crippen LogP contribution is 2.23. The molecule has 2 rings (SSSR count). The van der Waals surface area contributed by atoms with E-state index < -0.39 is 10.0 Å². The van der Waals surface area contributed by atoms with Crippen LogP contribution in [0.3, 0.4) is 0 Å². The van der Waals surface area contributed by atoms with Gasteiger partial charge in [0.1, 0.15) is 0 Å². The van der Waals surface area contributed by atoms with Crippen LogP contribution in [0.15, 0.2) is 27.6 Å². The Bertz CT molecular complexity index is 510.